The van der Waals surface area contributed by atoms with Crippen molar-refractivity contribution in [3.8, 4) is 0 Å². The average Bonchev–Trinajstić information content (AvgIpc) is 3.86. The Balaban J connectivity index is 1.05. The molecule has 0 aliphatic carbocycles. The maximum Gasteiger partial charge on any atom is 0.386 e. The Bertz CT molecular complexity index is 1860. The van der Waals surface area contributed by atoms with Crippen molar-refractivity contribution >= 4 is 71.5 Å². The van der Waals surface area contributed by atoms with Crippen LogP contribution in [0.25, 0.3) is 22.3 Å². The number of thiol groups is 1. The second kappa shape index (κ2) is 10.0. The van der Waals surface area contributed by atoms with Crippen molar-refractivity contribution in [2.24, 2.45) is 0 Å². The van der Waals surface area contributed by atoms with Gasteiger partial charge < -0.3 is 44.4 Å². The molecule has 20 nitrogen and oxygen atoms in total. The first-order valence-corrected chi connectivity index (χ1v) is 19.0. The molecular weight excluding hydrogens is 690 g/mol. The van der Waals surface area contributed by atoms with Crippen molar-refractivity contribution in [2.45, 2.75) is 48.1 Å². The molecule has 0 amide bonds. The lowest BCUT2D eigenvalue weighted by molar-refractivity contribution is -0.229. The fourth-order valence-electron chi connectivity index (χ4n) is 6.59. The number of fused-ring (bicyclic) bond motifs is 2. The molecule has 244 valence electrons. The van der Waals surface area contributed by atoms with E-state index in [0.29, 0.717) is 22.3 Å². The lowest BCUT2D eigenvalue weighted by Gasteiger charge is -2.39. The smallest absolute Gasteiger partial charge is 0.386 e. The highest BCUT2D eigenvalue weighted by Crippen LogP contribution is 2.63. The molecule has 4 N–H and O–H groups in total. The van der Waals surface area contributed by atoms with Crippen molar-refractivity contribution in [2.75, 3.05) is 37.9 Å². The fourth-order valence-corrected chi connectivity index (χ4v) is 9.57. The Labute approximate surface area is 267 Å². The molecule has 5 aliphatic rings. The molecule has 5 saturated heterocycles. The predicted molar refractivity (Wildman–Crippen MR) is 157 cm³/mol. The summed E-state index contributed by atoms with van der Waals surface area (Å²) >= 11 is 9.65. The van der Waals surface area contributed by atoms with Crippen LogP contribution in [0.1, 0.15) is 12.5 Å². The summed E-state index contributed by atoms with van der Waals surface area (Å²) in [6.07, 6.45) is -0.297. The number of nitrogen functional groups attached to an aromatic ring is 2. The van der Waals surface area contributed by atoms with Gasteiger partial charge in [-0.25, -0.2) is 34.5 Å². The first-order valence-electron chi connectivity index (χ1n) is 13.7. The van der Waals surface area contributed by atoms with Crippen LogP contribution >= 0.6 is 25.8 Å². The summed E-state index contributed by atoms with van der Waals surface area (Å²) in [6.45, 7) is -9.50. The Morgan fingerprint density at radius 3 is 1.85 bits per heavy atom. The van der Waals surface area contributed by atoms with Crippen LogP contribution in [0.4, 0.5) is 11.6 Å². The predicted octanol–water partition coefficient (Wildman–Crippen LogP) is -0.397. The molecule has 5 aliphatic heterocycles. The maximum absolute atomic E-state index is 13.8. The van der Waals surface area contributed by atoms with E-state index < -0.39 is 74.8 Å². The van der Waals surface area contributed by atoms with E-state index in [1.165, 1.54) is 25.3 Å². The highest BCUT2D eigenvalue weighted by molar-refractivity contribution is 8.44. The minimum absolute atomic E-state index is 0.0886. The van der Waals surface area contributed by atoms with E-state index in [0.717, 1.165) is 0 Å². The van der Waals surface area contributed by atoms with Crippen LogP contribution < -0.4 is 16.4 Å². The van der Waals surface area contributed by atoms with Gasteiger partial charge >= 0.3 is 6.80 Å². The molecule has 24 heteroatoms. The lowest BCUT2D eigenvalue weighted by atomic mass is 10.0. The second-order valence-electron chi connectivity index (χ2n) is 11.4. The van der Waals surface area contributed by atoms with Crippen molar-refractivity contribution in [1.82, 2.24) is 39.0 Å². The summed E-state index contributed by atoms with van der Waals surface area (Å²) in [4.78, 5) is 38.8. The minimum atomic E-state index is -4.29. The highest BCUT2D eigenvalue weighted by atomic mass is 32.7. The number of ether oxygens (including phenoxy) is 4. The monoisotopic (exact) mass is 713 g/mol. The molecule has 9 rings (SSSR count). The molecule has 0 radical (unpaired) electrons. The summed E-state index contributed by atoms with van der Waals surface area (Å²) in [7, 11) is 0. The topological polar surface area (TPSA) is 253 Å². The summed E-state index contributed by atoms with van der Waals surface area (Å²) in [5, 5.41) is 0. The molecule has 9 heterocycles. The van der Waals surface area contributed by atoms with Crippen molar-refractivity contribution in [3.63, 3.8) is 0 Å². The Morgan fingerprint density at radius 1 is 0.804 bits per heavy atom. The number of anilines is 2. The molecule has 0 spiro atoms. The molecule has 4 aromatic heterocycles. The summed E-state index contributed by atoms with van der Waals surface area (Å²) in [6, 6.07) is 0. The summed E-state index contributed by atoms with van der Waals surface area (Å²) < 4.78 is 65.6. The van der Waals surface area contributed by atoms with E-state index in [9.17, 15) is 9.46 Å². The first kappa shape index (κ1) is 29.7. The van der Waals surface area contributed by atoms with E-state index in [4.69, 9.17) is 60.3 Å². The van der Waals surface area contributed by atoms with Gasteiger partial charge in [-0.15, -0.1) is 0 Å². The van der Waals surface area contributed by atoms with Gasteiger partial charge in [0.2, 0.25) is 0 Å². The molecule has 5 fully saturated rings. The normalized spacial score (nSPS) is 42.2. The van der Waals surface area contributed by atoms with Crippen LogP contribution in [-0.2, 0) is 53.4 Å². The van der Waals surface area contributed by atoms with Gasteiger partial charge in [-0.2, -0.15) is 0 Å². The maximum atomic E-state index is 13.8. The lowest BCUT2D eigenvalue weighted by Crippen LogP contribution is -2.48. The minimum Gasteiger partial charge on any atom is -0.780 e. The Hall–Kier alpha value is -2.43. The van der Waals surface area contributed by atoms with Crippen LogP contribution in [0.15, 0.2) is 25.3 Å². The fraction of sp³-hybridized carbons (Fsp3) is 0.545. The third kappa shape index (κ3) is 4.34. The van der Waals surface area contributed by atoms with Crippen LogP contribution in [0.3, 0.4) is 0 Å². The molecular formula is C22H23N10O10P2S2-. The largest absolute Gasteiger partial charge is 0.780 e. The Kier molecular flexibility index (Phi) is 6.48. The van der Waals surface area contributed by atoms with E-state index in [1.54, 1.807) is 9.13 Å². The number of rotatable bonds is 2. The zero-order valence-electron chi connectivity index (χ0n) is 23.2. The molecule has 2 unspecified atom stereocenters. The van der Waals surface area contributed by atoms with Gasteiger partial charge in [0, 0.05) is 0 Å². The van der Waals surface area contributed by atoms with Gasteiger partial charge in [0.05, 0.1) is 39.1 Å². The van der Waals surface area contributed by atoms with E-state index >= 15 is 0 Å². The Morgan fingerprint density at radius 2 is 1.30 bits per heavy atom. The van der Waals surface area contributed by atoms with Gasteiger partial charge in [-0.3, -0.25) is 18.2 Å². The standard InChI is InChI=1S/C22H24N10O10P2S2/c23-15-9-17(27-5-25-15)31(7-29-9)19-11-13-21(39-19,1-35-11)3-37-43(33,45)42-14-12-20(32-8-30-10-16(24)26-6-28-18(10)32)40-22(14,2-36-12)4-38-44(34,46)41-13/h5-8,11-14,19-20H,1-4H2,(H,33,45)(H,34,46)(H2,23,25,27)(H2,24,26,28)/p-1/t11-,12-,13+,14+,19-,20-,21-,22-,43?,44?/m1/s1. The SMILES string of the molecule is Nc1ncnc2c1ncn2[C@@H]1O[C@@]23CO[C@@H]1[C@@H]2OP(=O)(S)OC[C@@]12CO[C@@H]([C@H](n4cnc5c(N)ncnc54)O1)[C@@H]2OP([O-])(=S)OC3. The molecule has 10 atom stereocenters. The molecule has 4 bridgehead atoms. The molecule has 0 saturated carbocycles. The highest BCUT2D eigenvalue weighted by Gasteiger charge is 2.67. The number of imidazole rings is 2. The van der Waals surface area contributed by atoms with Crippen LogP contribution in [0.5, 0.6) is 0 Å². The third-order valence-corrected chi connectivity index (χ3v) is 11.8. The number of aromatic nitrogens is 8. The van der Waals surface area contributed by atoms with E-state index in [2.05, 4.69) is 42.2 Å². The third-order valence-electron chi connectivity index (χ3n) is 8.70. The van der Waals surface area contributed by atoms with Gasteiger partial charge in [-0.05, 0) is 0 Å². The summed E-state index contributed by atoms with van der Waals surface area (Å²) in [5.41, 5.74) is 10.4. The zero-order chi connectivity index (χ0) is 31.6. The van der Waals surface area contributed by atoms with Crippen molar-refractivity contribution < 1.29 is 46.5 Å². The van der Waals surface area contributed by atoms with Gasteiger partial charge in [-0.1, -0.05) is 24.1 Å². The number of nitrogens with two attached hydrogens (primary N) is 2. The second-order valence-corrected chi connectivity index (χ2v) is 17.0. The van der Waals surface area contributed by atoms with Crippen LogP contribution in [0.2, 0.25) is 0 Å². The zero-order valence-corrected chi connectivity index (χ0v) is 26.7. The van der Waals surface area contributed by atoms with Gasteiger partial charge in [0.25, 0.3) is 0 Å². The molecule has 46 heavy (non-hydrogen) atoms. The average molecular weight is 714 g/mol. The van der Waals surface area contributed by atoms with Crippen LogP contribution in [0, 0.1) is 0 Å². The van der Waals surface area contributed by atoms with Crippen molar-refractivity contribution in [1.29, 1.82) is 0 Å². The van der Waals surface area contributed by atoms with Gasteiger partial charge in [0.15, 0.2) is 35.4 Å². The summed E-state index contributed by atoms with van der Waals surface area (Å²) in [5.74, 6) is 0.334. The molecule has 4 aromatic rings. The van der Waals surface area contributed by atoms with Crippen molar-refractivity contribution in [3.05, 3.63) is 25.3 Å². The van der Waals surface area contributed by atoms with E-state index in [1.807, 2.05) is 0 Å². The first-order chi connectivity index (χ1) is 22.0. The van der Waals surface area contributed by atoms with Crippen LogP contribution in [-0.4, -0.2) is 101 Å². The molecule has 0 aromatic carbocycles. The van der Waals surface area contributed by atoms with Gasteiger partial charge in [0.1, 0.15) is 66.0 Å². The number of nitrogens with zero attached hydrogens (tertiary/aromatic N) is 8. The number of hydrogen-bond donors (Lipinski definition) is 3. The quantitative estimate of drug-likeness (QED) is 0.176. The number of hydrogen-bond acceptors (Lipinski definition) is 19. The van der Waals surface area contributed by atoms with E-state index in [-0.39, 0.29) is 24.8 Å².